The molecular formula is C25H28BrN5O3. The largest absolute Gasteiger partial charge is 0.453 e. The van der Waals surface area contributed by atoms with Gasteiger partial charge in [0.05, 0.1) is 25.7 Å². The highest BCUT2D eigenvalue weighted by Gasteiger charge is 2.40. The lowest BCUT2D eigenvalue weighted by Crippen LogP contribution is -2.51. The van der Waals surface area contributed by atoms with Crippen molar-refractivity contribution in [1.29, 1.82) is 0 Å². The first kappa shape index (κ1) is 23.8. The third-order valence-electron chi connectivity index (χ3n) is 5.95. The van der Waals surface area contributed by atoms with E-state index in [2.05, 4.69) is 36.1 Å². The highest BCUT2D eigenvalue weighted by Crippen LogP contribution is 2.32. The first-order valence-electron chi connectivity index (χ1n) is 11.1. The molecule has 1 aliphatic heterocycles. The molecule has 8 nitrogen and oxygen atoms in total. The smallest absolute Gasteiger partial charge is 0.407 e. The third kappa shape index (κ3) is 5.09. The van der Waals surface area contributed by atoms with Gasteiger partial charge in [-0.05, 0) is 35.7 Å². The van der Waals surface area contributed by atoms with Crippen LogP contribution in [0.5, 0.6) is 0 Å². The number of para-hydroxylation sites is 1. The summed E-state index contributed by atoms with van der Waals surface area (Å²) in [5, 5.41) is 2.70. The summed E-state index contributed by atoms with van der Waals surface area (Å²) >= 11 is 3.46. The molecule has 178 valence electrons. The molecule has 3 aromatic rings. The molecule has 1 saturated heterocycles. The predicted molar refractivity (Wildman–Crippen MR) is 134 cm³/mol. The van der Waals surface area contributed by atoms with E-state index in [1.54, 1.807) is 11.1 Å². The molecule has 1 aliphatic rings. The summed E-state index contributed by atoms with van der Waals surface area (Å²) < 4.78 is 5.75. The number of aromatic nitrogens is 2. The number of anilines is 1. The number of methoxy groups -OCH3 is 1. The van der Waals surface area contributed by atoms with Crippen molar-refractivity contribution in [2.45, 2.75) is 25.9 Å². The van der Waals surface area contributed by atoms with Crippen LogP contribution in [-0.2, 0) is 9.53 Å². The Morgan fingerprint density at radius 3 is 2.50 bits per heavy atom. The molecule has 1 fully saturated rings. The molecule has 0 spiro atoms. The fourth-order valence-electron chi connectivity index (χ4n) is 4.09. The second kappa shape index (κ2) is 10.3. The number of H-pyrrole nitrogens is 1. The molecule has 2 atom stereocenters. The van der Waals surface area contributed by atoms with Crippen LogP contribution in [0.15, 0.2) is 65.3 Å². The molecule has 34 heavy (non-hydrogen) atoms. The fourth-order valence-corrected chi connectivity index (χ4v) is 4.36. The second-order valence-corrected chi connectivity index (χ2v) is 9.49. The molecule has 0 saturated carbocycles. The standard InChI is InChI=1S/C25H28BrN5O3/c1-16(2)22(29-25(33)34-3)24(32)31-15-30(19-7-5-4-6-8-19)14-21(31)23-27-13-20(28-23)17-9-11-18(26)12-10-17/h4-13,16,21-22H,14-15H2,1-3H3,(H,27,28)(H,29,33). The number of rotatable bonds is 6. The van der Waals surface area contributed by atoms with E-state index in [-0.39, 0.29) is 17.9 Å². The maximum Gasteiger partial charge on any atom is 0.407 e. The van der Waals surface area contributed by atoms with Crippen LogP contribution in [0.2, 0.25) is 0 Å². The number of amides is 2. The van der Waals surface area contributed by atoms with Crippen molar-refractivity contribution >= 4 is 33.6 Å². The maximum atomic E-state index is 13.7. The minimum atomic E-state index is -0.716. The second-order valence-electron chi connectivity index (χ2n) is 8.57. The fraction of sp³-hybridized carbons (Fsp3) is 0.320. The highest BCUT2D eigenvalue weighted by atomic mass is 79.9. The Morgan fingerprint density at radius 2 is 1.85 bits per heavy atom. The quantitative estimate of drug-likeness (QED) is 0.492. The van der Waals surface area contributed by atoms with Gasteiger partial charge in [-0.15, -0.1) is 0 Å². The lowest BCUT2D eigenvalue weighted by Gasteiger charge is -2.29. The minimum Gasteiger partial charge on any atom is -0.453 e. The van der Waals surface area contributed by atoms with E-state index in [1.807, 2.05) is 68.4 Å². The number of aromatic amines is 1. The van der Waals surface area contributed by atoms with Crippen molar-refractivity contribution < 1.29 is 14.3 Å². The number of hydrogen-bond donors (Lipinski definition) is 2. The van der Waals surface area contributed by atoms with Gasteiger partial charge in [0.2, 0.25) is 5.91 Å². The summed E-state index contributed by atoms with van der Waals surface area (Å²) in [6, 6.07) is 16.9. The van der Waals surface area contributed by atoms with Crippen molar-refractivity contribution in [2.75, 3.05) is 25.2 Å². The highest BCUT2D eigenvalue weighted by molar-refractivity contribution is 9.10. The number of carbonyl (C=O) groups excluding carboxylic acids is 2. The zero-order chi connectivity index (χ0) is 24.2. The molecule has 2 unspecified atom stereocenters. The predicted octanol–water partition coefficient (Wildman–Crippen LogP) is 4.57. The monoisotopic (exact) mass is 525 g/mol. The van der Waals surface area contributed by atoms with Crippen molar-refractivity contribution in [3.05, 3.63) is 71.1 Å². The van der Waals surface area contributed by atoms with Crippen molar-refractivity contribution in [2.24, 2.45) is 5.92 Å². The molecule has 1 aromatic heterocycles. The van der Waals surface area contributed by atoms with Crippen LogP contribution < -0.4 is 10.2 Å². The first-order valence-corrected chi connectivity index (χ1v) is 11.9. The summed E-state index contributed by atoms with van der Waals surface area (Å²) in [5.74, 6) is 0.406. The van der Waals surface area contributed by atoms with Gasteiger partial charge in [0.15, 0.2) is 0 Å². The molecule has 2 aromatic carbocycles. The van der Waals surface area contributed by atoms with Gasteiger partial charge in [0.25, 0.3) is 0 Å². The van der Waals surface area contributed by atoms with Gasteiger partial charge >= 0.3 is 6.09 Å². The van der Waals surface area contributed by atoms with Gasteiger partial charge in [-0.1, -0.05) is 60.1 Å². The topological polar surface area (TPSA) is 90.6 Å². The van der Waals surface area contributed by atoms with Gasteiger partial charge in [-0.3, -0.25) is 4.79 Å². The van der Waals surface area contributed by atoms with Crippen LogP contribution in [-0.4, -0.2) is 53.2 Å². The van der Waals surface area contributed by atoms with E-state index in [0.29, 0.717) is 19.0 Å². The molecule has 4 rings (SSSR count). The van der Waals surface area contributed by atoms with Crippen LogP contribution in [0, 0.1) is 5.92 Å². The van der Waals surface area contributed by atoms with Crippen LogP contribution in [0.4, 0.5) is 10.5 Å². The average Bonchev–Trinajstić information content (AvgIpc) is 3.50. The maximum absolute atomic E-state index is 13.7. The lowest BCUT2D eigenvalue weighted by molar-refractivity contribution is -0.135. The normalized spacial score (nSPS) is 16.6. The molecule has 0 radical (unpaired) electrons. The van der Waals surface area contributed by atoms with Gasteiger partial charge in [0.1, 0.15) is 17.9 Å². The number of benzene rings is 2. The van der Waals surface area contributed by atoms with Gasteiger partial charge in [-0.25, -0.2) is 9.78 Å². The van der Waals surface area contributed by atoms with E-state index < -0.39 is 12.1 Å². The lowest BCUT2D eigenvalue weighted by atomic mass is 10.0. The Hall–Kier alpha value is -3.33. The third-order valence-corrected chi connectivity index (χ3v) is 6.48. The minimum absolute atomic E-state index is 0.118. The zero-order valence-electron chi connectivity index (χ0n) is 19.4. The molecule has 2 heterocycles. The summed E-state index contributed by atoms with van der Waals surface area (Å²) in [7, 11) is 1.29. The van der Waals surface area contributed by atoms with Gasteiger partial charge in [0, 0.05) is 16.7 Å². The first-order chi connectivity index (χ1) is 16.4. The summed E-state index contributed by atoms with van der Waals surface area (Å²) in [6.07, 6.45) is 1.16. The Bertz CT molecular complexity index is 1130. The molecular weight excluding hydrogens is 498 g/mol. The number of alkyl carbamates (subject to hydrolysis) is 1. The number of carbonyl (C=O) groups is 2. The van der Waals surface area contributed by atoms with Crippen molar-refractivity contribution in [3.8, 4) is 11.3 Å². The van der Waals surface area contributed by atoms with Gasteiger partial charge < -0.3 is 24.8 Å². The molecule has 2 N–H and O–H groups in total. The van der Waals surface area contributed by atoms with E-state index in [4.69, 9.17) is 4.74 Å². The number of nitrogens with one attached hydrogen (secondary N) is 2. The Morgan fingerprint density at radius 1 is 1.15 bits per heavy atom. The van der Waals surface area contributed by atoms with Crippen LogP contribution in [0.25, 0.3) is 11.3 Å². The van der Waals surface area contributed by atoms with Crippen LogP contribution in [0.1, 0.15) is 25.7 Å². The Labute approximate surface area is 207 Å². The van der Waals surface area contributed by atoms with Gasteiger partial charge in [-0.2, -0.15) is 0 Å². The number of imidazole rings is 1. The number of hydrogen-bond acceptors (Lipinski definition) is 5. The Balaban J connectivity index is 1.65. The van der Waals surface area contributed by atoms with E-state index >= 15 is 0 Å². The van der Waals surface area contributed by atoms with E-state index in [1.165, 1.54) is 7.11 Å². The van der Waals surface area contributed by atoms with E-state index in [9.17, 15) is 9.59 Å². The molecule has 0 aliphatic carbocycles. The SMILES string of the molecule is COC(=O)NC(C(=O)N1CN(c2ccccc2)CC1c1ncc(-c2ccc(Br)cc2)[nH]1)C(C)C. The number of ether oxygens (including phenoxy) is 1. The molecule has 2 amide bonds. The molecule has 0 bridgehead atoms. The van der Waals surface area contributed by atoms with Crippen LogP contribution in [0.3, 0.4) is 0 Å². The van der Waals surface area contributed by atoms with E-state index in [0.717, 1.165) is 21.4 Å². The number of halogens is 1. The average molecular weight is 526 g/mol. The number of nitrogens with zero attached hydrogens (tertiary/aromatic N) is 3. The van der Waals surface area contributed by atoms with Crippen molar-refractivity contribution in [1.82, 2.24) is 20.2 Å². The molecule has 9 heteroatoms. The summed E-state index contributed by atoms with van der Waals surface area (Å²) in [5.41, 5.74) is 2.90. The van der Waals surface area contributed by atoms with Crippen LogP contribution >= 0.6 is 15.9 Å². The Kier molecular flexibility index (Phi) is 7.21. The van der Waals surface area contributed by atoms with Crippen molar-refractivity contribution in [3.63, 3.8) is 0 Å². The summed E-state index contributed by atoms with van der Waals surface area (Å²) in [4.78, 5) is 37.6. The summed E-state index contributed by atoms with van der Waals surface area (Å²) in [6.45, 7) is 4.76. The zero-order valence-corrected chi connectivity index (χ0v) is 21.0.